The van der Waals surface area contributed by atoms with Crippen molar-refractivity contribution in [2.75, 3.05) is 19.6 Å². The van der Waals surface area contributed by atoms with Gasteiger partial charge in [-0.2, -0.15) is 0 Å². The highest BCUT2D eigenvalue weighted by molar-refractivity contribution is 5.78. The molecular formula is C23H26N4O. The lowest BCUT2D eigenvalue weighted by Crippen LogP contribution is -2.48. The molecule has 1 saturated carbocycles. The van der Waals surface area contributed by atoms with E-state index >= 15 is 0 Å². The molecule has 1 amide bonds. The number of imidazole rings is 1. The summed E-state index contributed by atoms with van der Waals surface area (Å²) >= 11 is 0. The van der Waals surface area contributed by atoms with E-state index in [0.29, 0.717) is 12.6 Å². The van der Waals surface area contributed by atoms with Crippen LogP contribution in [0.5, 0.6) is 0 Å². The Morgan fingerprint density at radius 1 is 1.07 bits per heavy atom. The average molecular weight is 374 g/mol. The van der Waals surface area contributed by atoms with Gasteiger partial charge in [-0.3, -0.25) is 4.79 Å². The topological polar surface area (TPSA) is 49.6 Å². The zero-order valence-electron chi connectivity index (χ0n) is 16.1. The number of nitrogens with zero attached hydrogens (tertiary/aromatic N) is 3. The van der Waals surface area contributed by atoms with Crippen LogP contribution in [0.1, 0.15) is 36.9 Å². The number of aromatic nitrogens is 2. The van der Waals surface area contributed by atoms with E-state index in [2.05, 4.69) is 46.2 Å². The predicted molar refractivity (Wildman–Crippen MR) is 109 cm³/mol. The number of rotatable bonds is 5. The van der Waals surface area contributed by atoms with Gasteiger partial charge < -0.3 is 14.6 Å². The molecule has 0 unspecified atom stereocenters. The van der Waals surface area contributed by atoms with Crippen LogP contribution in [0.2, 0.25) is 0 Å². The molecule has 2 aliphatic rings. The van der Waals surface area contributed by atoms with E-state index in [1.54, 1.807) is 0 Å². The summed E-state index contributed by atoms with van der Waals surface area (Å²) in [5, 5.41) is 3.35. The Hall–Kier alpha value is -2.66. The van der Waals surface area contributed by atoms with Crippen molar-refractivity contribution in [2.45, 2.75) is 37.1 Å². The van der Waals surface area contributed by atoms with E-state index in [9.17, 15) is 4.79 Å². The Bertz CT molecular complexity index is 935. The molecule has 1 N–H and O–H groups in total. The van der Waals surface area contributed by atoms with Gasteiger partial charge in [0.1, 0.15) is 5.65 Å². The van der Waals surface area contributed by atoms with Crippen molar-refractivity contribution in [1.29, 1.82) is 0 Å². The van der Waals surface area contributed by atoms with Crippen molar-refractivity contribution < 1.29 is 4.79 Å². The van der Waals surface area contributed by atoms with Gasteiger partial charge in [0.25, 0.3) is 0 Å². The summed E-state index contributed by atoms with van der Waals surface area (Å²) in [5.74, 6) is 0.226. The molecule has 1 saturated heterocycles. The largest absolute Gasteiger partial charge is 0.342 e. The van der Waals surface area contributed by atoms with Gasteiger partial charge in [0.15, 0.2) is 0 Å². The van der Waals surface area contributed by atoms with Gasteiger partial charge in [-0.15, -0.1) is 0 Å². The van der Waals surface area contributed by atoms with Crippen LogP contribution in [0.25, 0.3) is 5.65 Å². The van der Waals surface area contributed by atoms with Gasteiger partial charge >= 0.3 is 0 Å². The first-order valence-corrected chi connectivity index (χ1v) is 10.3. The highest BCUT2D eigenvalue weighted by atomic mass is 16.2. The minimum atomic E-state index is -0.145. The highest BCUT2D eigenvalue weighted by Crippen LogP contribution is 2.41. The molecule has 2 fully saturated rings. The van der Waals surface area contributed by atoms with E-state index in [-0.39, 0.29) is 11.3 Å². The van der Waals surface area contributed by atoms with Crippen LogP contribution in [-0.4, -0.2) is 45.9 Å². The van der Waals surface area contributed by atoms with Gasteiger partial charge in [-0.05, 0) is 43.4 Å². The molecule has 1 aliphatic heterocycles. The fraction of sp³-hybridized carbons (Fsp3) is 0.391. The first kappa shape index (κ1) is 17.4. The van der Waals surface area contributed by atoms with Crippen molar-refractivity contribution in [3.05, 3.63) is 72.2 Å². The van der Waals surface area contributed by atoms with Crippen molar-refractivity contribution in [1.82, 2.24) is 19.6 Å². The Kier molecular flexibility index (Phi) is 4.40. The second kappa shape index (κ2) is 7.06. The van der Waals surface area contributed by atoms with Crippen LogP contribution in [0.4, 0.5) is 0 Å². The second-order valence-electron chi connectivity index (χ2n) is 8.08. The minimum Gasteiger partial charge on any atom is -0.342 e. The summed E-state index contributed by atoms with van der Waals surface area (Å²) < 4.78 is 2.09. The van der Waals surface area contributed by atoms with E-state index in [4.69, 9.17) is 4.98 Å². The fourth-order valence-electron chi connectivity index (χ4n) is 4.38. The smallest absolute Gasteiger partial charge is 0.236 e. The summed E-state index contributed by atoms with van der Waals surface area (Å²) in [5.41, 5.74) is 3.23. The van der Waals surface area contributed by atoms with Crippen molar-refractivity contribution >= 4 is 11.6 Å². The monoisotopic (exact) mass is 374 g/mol. The third kappa shape index (κ3) is 3.20. The van der Waals surface area contributed by atoms with Crippen LogP contribution in [0.15, 0.2) is 60.9 Å². The SMILES string of the molecule is O=C(CNC1CC1)N1CCC(c2ccccc2)(c2cn3ccccc3n2)CC1. The van der Waals surface area contributed by atoms with Crippen LogP contribution in [-0.2, 0) is 10.2 Å². The fourth-order valence-corrected chi connectivity index (χ4v) is 4.38. The van der Waals surface area contributed by atoms with Crippen LogP contribution in [0, 0.1) is 0 Å². The molecule has 1 aromatic carbocycles. The molecule has 2 aromatic heterocycles. The molecule has 3 heterocycles. The Morgan fingerprint density at radius 3 is 2.54 bits per heavy atom. The Labute approximate surface area is 165 Å². The van der Waals surface area contributed by atoms with Crippen molar-refractivity contribution in [3.8, 4) is 0 Å². The molecule has 0 atom stereocenters. The standard InChI is InChI=1S/C23H26N4O/c28-22(16-24-19-9-10-19)26-14-11-23(12-15-26,18-6-2-1-3-7-18)20-17-27-13-5-4-8-21(27)25-20/h1-8,13,17,19,24H,9-12,14-16H2. The predicted octanol–water partition coefficient (Wildman–Crippen LogP) is 2.99. The maximum Gasteiger partial charge on any atom is 0.236 e. The molecule has 5 heteroatoms. The third-order valence-corrected chi connectivity index (χ3v) is 6.27. The van der Waals surface area contributed by atoms with E-state index in [1.165, 1.54) is 18.4 Å². The zero-order valence-corrected chi connectivity index (χ0v) is 16.1. The number of fused-ring (bicyclic) bond motifs is 1. The van der Waals surface area contributed by atoms with Gasteiger partial charge in [-0.1, -0.05) is 36.4 Å². The third-order valence-electron chi connectivity index (χ3n) is 6.27. The number of hydrogen-bond donors (Lipinski definition) is 1. The maximum absolute atomic E-state index is 12.6. The van der Waals surface area contributed by atoms with E-state index in [0.717, 1.165) is 37.3 Å². The van der Waals surface area contributed by atoms with Gasteiger partial charge in [-0.25, -0.2) is 4.98 Å². The summed E-state index contributed by atoms with van der Waals surface area (Å²) in [6.45, 7) is 2.01. The molecule has 0 spiro atoms. The number of carbonyl (C=O) groups is 1. The number of amides is 1. The molecule has 5 rings (SSSR count). The number of likely N-dealkylation sites (tertiary alicyclic amines) is 1. The normalized spacial score (nSPS) is 19.1. The molecule has 1 aliphatic carbocycles. The number of carbonyl (C=O) groups excluding carboxylic acids is 1. The van der Waals surface area contributed by atoms with E-state index < -0.39 is 0 Å². The molecule has 3 aromatic rings. The maximum atomic E-state index is 12.6. The van der Waals surface area contributed by atoms with Gasteiger partial charge in [0, 0.05) is 36.9 Å². The number of hydrogen-bond acceptors (Lipinski definition) is 3. The summed E-state index contributed by atoms with van der Waals surface area (Å²) in [4.78, 5) is 19.6. The second-order valence-corrected chi connectivity index (χ2v) is 8.08. The van der Waals surface area contributed by atoms with Crippen molar-refractivity contribution in [3.63, 3.8) is 0 Å². The van der Waals surface area contributed by atoms with Gasteiger partial charge in [0.2, 0.25) is 5.91 Å². The quantitative estimate of drug-likeness (QED) is 0.747. The molecule has 28 heavy (non-hydrogen) atoms. The zero-order chi connectivity index (χ0) is 19.0. The lowest BCUT2D eigenvalue weighted by Gasteiger charge is -2.41. The van der Waals surface area contributed by atoms with Crippen molar-refractivity contribution in [2.24, 2.45) is 0 Å². The lowest BCUT2D eigenvalue weighted by atomic mass is 9.70. The summed E-state index contributed by atoms with van der Waals surface area (Å²) in [6, 6.07) is 17.3. The number of nitrogens with one attached hydrogen (secondary N) is 1. The van der Waals surface area contributed by atoms with Gasteiger partial charge in [0.05, 0.1) is 12.2 Å². The first-order valence-electron chi connectivity index (χ1n) is 10.3. The lowest BCUT2D eigenvalue weighted by molar-refractivity contribution is -0.131. The average Bonchev–Trinajstić information content (AvgIpc) is 3.48. The highest BCUT2D eigenvalue weighted by Gasteiger charge is 2.40. The number of pyridine rings is 1. The molecule has 0 radical (unpaired) electrons. The Balaban J connectivity index is 1.42. The minimum absolute atomic E-state index is 0.145. The van der Waals surface area contributed by atoms with E-state index in [1.807, 2.05) is 29.3 Å². The number of piperidine rings is 1. The van der Waals surface area contributed by atoms with Crippen LogP contribution < -0.4 is 5.32 Å². The Morgan fingerprint density at radius 2 is 1.82 bits per heavy atom. The van der Waals surface area contributed by atoms with Crippen LogP contribution in [0.3, 0.4) is 0 Å². The molecule has 0 bridgehead atoms. The first-order chi connectivity index (χ1) is 13.7. The molecule has 5 nitrogen and oxygen atoms in total. The van der Waals surface area contributed by atoms with Crippen LogP contribution >= 0.6 is 0 Å². The summed E-state index contributed by atoms with van der Waals surface area (Å²) in [7, 11) is 0. The molecule has 144 valence electrons. The summed E-state index contributed by atoms with van der Waals surface area (Å²) in [6.07, 6.45) is 8.42. The molecular weight excluding hydrogens is 348 g/mol. The number of benzene rings is 1.